The summed E-state index contributed by atoms with van der Waals surface area (Å²) in [5, 5.41) is 3.88. The first-order chi connectivity index (χ1) is 6.36. The second-order valence-corrected chi connectivity index (χ2v) is 3.86. The van der Waals surface area contributed by atoms with Gasteiger partial charge in [0.2, 0.25) is 5.91 Å². The van der Waals surface area contributed by atoms with Gasteiger partial charge in [-0.05, 0) is 0 Å². The number of aromatic nitrogens is 3. The van der Waals surface area contributed by atoms with Crippen molar-refractivity contribution in [1.82, 2.24) is 19.7 Å². The van der Waals surface area contributed by atoms with Crippen LogP contribution in [0.3, 0.4) is 0 Å². The molecular weight excluding hydrogens is 188 g/mol. The molecule has 0 bridgehead atoms. The van der Waals surface area contributed by atoms with Gasteiger partial charge in [0.25, 0.3) is 0 Å². The van der Waals surface area contributed by atoms with E-state index in [1.807, 2.05) is 4.90 Å². The number of hydrogen-bond acceptors (Lipinski definition) is 4. The summed E-state index contributed by atoms with van der Waals surface area (Å²) in [5.74, 6) is 1.98. The van der Waals surface area contributed by atoms with Crippen molar-refractivity contribution in [3.05, 3.63) is 12.7 Å². The molecule has 1 aliphatic heterocycles. The fourth-order valence-corrected chi connectivity index (χ4v) is 2.14. The maximum Gasteiger partial charge on any atom is 0.245 e. The largest absolute Gasteiger partial charge is 0.331 e. The summed E-state index contributed by atoms with van der Waals surface area (Å²) in [7, 11) is 0. The van der Waals surface area contributed by atoms with Crippen molar-refractivity contribution in [1.29, 1.82) is 0 Å². The van der Waals surface area contributed by atoms with Gasteiger partial charge in [-0.15, -0.1) is 11.8 Å². The van der Waals surface area contributed by atoms with E-state index in [4.69, 9.17) is 0 Å². The van der Waals surface area contributed by atoms with Gasteiger partial charge in [0, 0.05) is 12.3 Å². The van der Waals surface area contributed by atoms with Crippen molar-refractivity contribution in [2.24, 2.45) is 0 Å². The summed E-state index contributed by atoms with van der Waals surface area (Å²) in [6, 6.07) is 0. The Labute approximate surface area is 80.1 Å². The van der Waals surface area contributed by atoms with E-state index in [2.05, 4.69) is 10.1 Å². The van der Waals surface area contributed by atoms with E-state index in [1.54, 1.807) is 22.8 Å². The molecule has 0 radical (unpaired) electrons. The zero-order chi connectivity index (χ0) is 9.10. The first-order valence-corrected chi connectivity index (χ1v) is 5.19. The lowest BCUT2D eigenvalue weighted by Gasteiger charge is -2.13. The van der Waals surface area contributed by atoms with E-state index in [-0.39, 0.29) is 5.91 Å². The lowest BCUT2D eigenvalue weighted by atomic mass is 10.5. The second-order valence-electron chi connectivity index (χ2n) is 2.79. The molecule has 0 aromatic carbocycles. The number of nitrogens with zero attached hydrogens (tertiary/aromatic N) is 4. The normalized spacial score (nSPS) is 16.5. The van der Waals surface area contributed by atoms with Gasteiger partial charge in [-0.3, -0.25) is 4.79 Å². The van der Waals surface area contributed by atoms with Gasteiger partial charge in [-0.2, -0.15) is 5.10 Å². The molecule has 1 amide bonds. The van der Waals surface area contributed by atoms with Gasteiger partial charge in [0.1, 0.15) is 19.2 Å². The third-order valence-corrected chi connectivity index (χ3v) is 2.83. The van der Waals surface area contributed by atoms with Gasteiger partial charge >= 0.3 is 0 Å². The Balaban J connectivity index is 1.91. The molecule has 0 unspecified atom stereocenters. The van der Waals surface area contributed by atoms with Crippen molar-refractivity contribution in [3.63, 3.8) is 0 Å². The van der Waals surface area contributed by atoms with Crippen molar-refractivity contribution in [2.45, 2.75) is 6.54 Å². The van der Waals surface area contributed by atoms with E-state index in [0.29, 0.717) is 6.54 Å². The fourth-order valence-electron chi connectivity index (χ4n) is 1.16. The molecule has 2 rings (SSSR count). The van der Waals surface area contributed by atoms with Crippen molar-refractivity contribution in [3.8, 4) is 0 Å². The lowest BCUT2D eigenvalue weighted by Crippen LogP contribution is -2.31. The minimum absolute atomic E-state index is 0.121. The average molecular weight is 198 g/mol. The van der Waals surface area contributed by atoms with Crippen LogP contribution in [-0.4, -0.2) is 43.7 Å². The molecule has 5 nitrogen and oxygen atoms in total. The molecule has 2 heterocycles. The summed E-state index contributed by atoms with van der Waals surface area (Å²) in [5.41, 5.74) is 0. The highest BCUT2D eigenvalue weighted by molar-refractivity contribution is 7.99. The van der Waals surface area contributed by atoms with Crippen LogP contribution in [0.5, 0.6) is 0 Å². The Morgan fingerprint density at radius 3 is 3.15 bits per heavy atom. The highest BCUT2D eigenvalue weighted by Gasteiger charge is 2.18. The Bertz CT molecular complexity index is 281. The Kier molecular flexibility index (Phi) is 2.49. The SMILES string of the molecule is O=C(Cn1cncn1)N1CCSC1. The molecule has 6 heteroatoms. The highest BCUT2D eigenvalue weighted by atomic mass is 32.2. The maximum atomic E-state index is 11.5. The predicted molar refractivity (Wildman–Crippen MR) is 49.1 cm³/mol. The number of carbonyl (C=O) groups excluding carboxylic acids is 1. The van der Waals surface area contributed by atoms with Crippen LogP contribution in [0.2, 0.25) is 0 Å². The topological polar surface area (TPSA) is 51.0 Å². The molecule has 0 N–H and O–H groups in total. The number of rotatable bonds is 2. The van der Waals surface area contributed by atoms with Crippen LogP contribution in [0.15, 0.2) is 12.7 Å². The van der Waals surface area contributed by atoms with Crippen molar-refractivity contribution < 1.29 is 4.79 Å². The monoisotopic (exact) mass is 198 g/mol. The van der Waals surface area contributed by atoms with E-state index >= 15 is 0 Å². The van der Waals surface area contributed by atoms with E-state index < -0.39 is 0 Å². The summed E-state index contributed by atoms with van der Waals surface area (Å²) in [4.78, 5) is 17.2. The molecule has 1 aliphatic rings. The van der Waals surface area contributed by atoms with Crippen molar-refractivity contribution >= 4 is 17.7 Å². The van der Waals surface area contributed by atoms with E-state index in [1.165, 1.54) is 6.33 Å². The van der Waals surface area contributed by atoms with Crippen LogP contribution in [-0.2, 0) is 11.3 Å². The van der Waals surface area contributed by atoms with Gasteiger partial charge in [-0.1, -0.05) is 0 Å². The molecule has 1 saturated heterocycles. The molecule has 1 aromatic heterocycles. The summed E-state index contributed by atoms with van der Waals surface area (Å²) in [6.45, 7) is 1.17. The van der Waals surface area contributed by atoms with Gasteiger partial charge in [0.15, 0.2) is 0 Å². The van der Waals surface area contributed by atoms with Gasteiger partial charge in [-0.25, -0.2) is 9.67 Å². The van der Waals surface area contributed by atoms with Crippen LogP contribution in [0.25, 0.3) is 0 Å². The predicted octanol–water partition coefficient (Wildman–Crippen LogP) is -0.189. The number of carbonyl (C=O) groups is 1. The summed E-state index contributed by atoms with van der Waals surface area (Å²) < 4.78 is 1.55. The zero-order valence-corrected chi connectivity index (χ0v) is 7.90. The number of thioether (sulfide) groups is 1. The minimum Gasteiger partial charge on any atom is -0.331 e. The maximum absolute atomic E-state index is 11.5. The third-order valence-electron chi connectivity index (χ3n) is 1.87. The minimum atomic E-state index is 0.121. The summed E-state index contributed by atoms with van der Waals surface area (Å²) >= 11 is 1.78. The Morgan fingerprint density at radius 2 is 2.54 bits per heavy atom. The number of hydrogen-bond donors (Lipinski definition) is 0. The van der Waals surface area contributed by atoms with Crippen LogP contribution >= 0.6 is 11.8 Å². The Hall–Kier alpha value is -1.04. The van der Waals surface area contributed by atoms with Crippen LogP contribution in [0, 0.1) is 0 Å². The first kappa shape index (κ1) is 8.55. The highest BCUT2D eigenvalue weighted by Crippen LogP contribution is 2.13. The molecule has 0 atom stereocenters. The van der Waals surface area contributed by atoms with E-state index in [9.17, 15) is 4.79 Å². The van der Waals surface area contributed by atoms with Crippen LogP contribution in [0.4, 0.5) is 0 Å². The second kappa shape index (κ2) is 3.78. The molecule has 0 saturated carbocycles. The molecular formula is C7H10N4OS. The van der Waals surface area contributed by atoms with E-state index in [0.717, 1.165) is 18.2 Å². The lowest BCUT2D eigenvalue weighted by molar-refractivity contribution is -0.130. The average Bonchev–Trinajstić information content (AvgIpc) is 2.74. The molecule has 1 aromatic rings. The van der Waals surface area contributed by atoms with Gasteiger partial charge < -0.3 is 4.90 Å². The molecule has 1 fully saturated rings. The standard InChI is InChI=1S/C7H10N4OS/c12-7(10-1-2-13-6-10)3-11-5-8-4-9-11/h4-5H,1-3,6H2. The van der Waals surface area contributed by atoms with Crippen LogP contribution in [0.1, 0.15) is 0 Å². The van der Waals surface area contributed by atoms with Crippen LogP contribution < -0.4 is 0 Å². The summed E-state index contributed by atoms with van der Waals surface area (Å²) in [6.07, 6.45) is 2.99. The molecule has 0 aliphatic carbocycles. The quantitative estimate of drug-likeness (QED) is 0.661. The third kappa shape index (κ3) is 2.00. The first-order valence-electron chi connectivity index (χ1n) is 4.04. The smallest absolute Gasteiger partial charge is 0.245 e. The number of amides is 1. The Morgan fingerprint density at radius 1 is 1.62 bits per heavy atom. The fraction of sp³-hybridized carbons (Fsp3) is 0.571. The molecule has 0 spiro atoms. The molecule has 70 valence electrons. The van der Waals surface area contributed by atoms with Crippen molar-refractivity contribution in [2.75, 3.05) is 18.2 Å². The van der Waals surface area contributed by atoms with Gasteiger partial charge in [0.05, 0.1) is 5.88 Å². The molecule has 13 heavy (non-hydrogen) atoms. The zero-order valence-electron chi connectivity index (χ0n) is 7.09.